The molecule has 2 aliphatic rings. The molecule has 1 saturated heterocycles. The van der Waals surface area contributed by atoms with Gasteiger partial charge in [-0.05, 0) is 37.0 Å². The van der Waals surface area contributed by atoms with Crippen molar-refractivity contribution in [1.82, 2.24) is 15.5 Å². The quantitative estimate of drug-likeness (QED) is 0.312. The van der Waals surface area contributed by atoms with Crippen LogP contribution in [0.1, 0.15) is 37.7 Å². The molecule has 0 bridgehead atoms. The number of hydrogen-bond acceptors (Lipinski definition) is 4. The first kappa shape index (κ1) is 23.5. The summed E-state index contributed by atoms with van der Waals surface area (Å²) < 4.78 is 11.7. The number of methoxy groups -OCH3 is 2. The first-order valence-electron chi connectivity index (χ1n) is 9.76. The largest absolute Gasteiger partial charge is 0.493 e. The fourth-order valence-electron chi connectivity index (χ4n) is 4.10. The number of nitrogens with one attached hydrogen (secondary N) is 2. The van der Waals surface area contributed by atoms with Crippen molar-refractivity contribution < 1.29 is 9.47 Å². The van der Waals surface area contributed by atoms with E-state index < -0.39 is 0 Å². The smallest absolute Gasteiger partial charge is 0.191 e. The Morgan fingerprint density at radius 1 is 1.18 bits per heavy atom. The number of rotatable bonds is 6. The molecule has 1 aromatic rings. The number of nitrogens with zero attached hydrogens (tertiary/aromatic N) is 2. The van der Waals surface area contributed by atoms with Crippen molar-refractivity contribution in [3.05, 3.63) is 22.2 Å². The highest BCUT2D eigenvalue weighted by atomic mass is 127. The summed E-state index contributed by atoms with van der Waals surface area (Å²) in [7, 11) is 5.12. The van der Waals surface area contributed by atoms with E-state index in [1.807, 2.05) is 19.2 Å². The van der Waals surface area contributed by atoms with Gasteiger partial charge in [0.1, 0.15) is 0 Å². The van der Waals surface area contributed by atoms with E-state index in [0.29, 0.717) is 18.3 Å². The van der Waals surface area contributed by atoms with Gasteiger partial charge in [-0.1, -0.05) is 28.8 Å². The highest BCUT2D eigenvalue weighted by Crippen LogP contribution is 2.33. The minimum atomic E-state index is 0. The number of benzene rings is 1. The monoisotopic (exact) mass is 566 g/mol. The lowest BCUT2D eigenvalue weighted by Crippen LogP contribution is -2.45. The summed E-state index contributed by atoms with van der Waals surface area (Å²) in [6.45, 7) is 2.96. The summed E-state index contributed by atoms with van der Waals surface area (Å²) in [6.07, 6.45) is 6.70. The lowest BCUT2D eigenvalue weighted by Gasteiger charge is -2.24. The SMILES string of the molecule is CN=C(NCc1cc(OC)c(OC)cc1Br)NC1CCN(C2CCCC2)C1.I. The van der Waals surface area contributed by atoms with Gasteiger partial charge in [-0.2, -0.15) is 0 Å². The summed E-state index contributed by atoms with van der Waals surface area (Å²) >= 11 is 3.61. The van der Waals surface area contributed by atoms with Crippen molar-refractivity contribution in [3.63, 3.8) is 0 Å². The normalized spacial score (nSPS) is 20.7. The van der Waals surface area contributed by atoms with E-state index in [4.69, 9.17) is 9.47 Å². The summed E-state index contributed by atoms with van der Waals surface area (Å²) in [6, 6.07) is 5.18. The van der Waals surface area contributed by atoms with Crippen LogP contribution in [0.3, 0.4) is 0 Å². The third-order valence-corrected chi connectivity index (χ3v) is 6.36. The summed E-state index contributed by atoms with van der Waals surface area (Å²) in [5, 5.41) is 7.01. The van der Waals surface area contributed by atoms with Gasteiger partial charge in [0.2, 0.25) is 0 Å². The molecule has 0 amide bonds. The molecule has 1 unspecified atom stereocenters. The van der Waals surface area contributed by atoms with Crippen LogP contribution in [0.25, 0.3) is 0 Å². The number of aliphatic imine (C=N–C) groups is 1. The predicted molar refractivity (Wildman–Crippen MR) is 128 cm³/mol. The molecule has 1 heterocycles. The van der Waals surface area contributed by atoms with E-state index in [-0.39, 0.29) is 24.0 Å². The van der Waals surface area contributed by atoms with Crippen LogP contribution in [0.2, 0.25) is 0 Å². The standard InChI is InChI=1S/C20H31BrN4O2.HI/c1-22-20(24-15-8-9-25(13-15)16-6-4-5-7-16)23-12-14-10-18(26-2)19(27-3)11-17(14)21;/h10-11,15-16H,4-9,12-13H2,1-3H3,(H2,22,23,24);1H. The Hall–Kier alpha value is -0.740. The molecule has 0 spiro atoms. The highest BCUT2D eigenvalue weighted by Gasteiger charge is 2.30. The molecule has 2 N–H and O–H groups in total. The second-order valence-electron chi connectivity index (χ2n) is 7.29. The molecule has 0 aromatic heterocycles. The molecule has 1 aliphatic carbocycles. The van der Waals surface area contributed by atoms with Crippen molar-refractivity contribution in [2.45, 2.75) is 50.7 Å². The molecule has 1 atom stereocenters. The summed E-state index contributed by atoms with van der Waals surface area (Å²) in [5.74, 6) is 2.28. The fourth-order valence-corrected chi connectivity index (χ4v) is 4.57. The van der Waals surface area contributed by atoms with E-state index in [2.05, 4.69) is 36.5 Å². The molecule has 1 saturated carbocycles. The molecule has 3 rings (SSSR count). The average Bonchev–Trinajstić information content (AvgIpc) is 3.37. The molecule has 6 nitrogen and oxygen atoms in total. The number of likely N-dealkylation sites (tertiary alicyclic amines) is 1. The van der Waals surface area contributed by atoms with Crippen LogP contribution >= 0.6 is 39.9 Å². The Morgan fingerprint density at radius 2 is 1.86 bits per heavy atom. The van der Waals surface area contributed by atoms with Gasteiger partial charge in [0.15, 0.2) is 17.5 Å². The third kappa shape index (κ3) is 5.89. The Morgan fingerprint density at radius 3 is 2.50 bits per heavy atom. The fraction of sp³-hybridized carbons (Fsp3) is 0.650. The van der Waals surface area contributed by atoms with Crippen molar-refractivity contribution >= 4 is 45.9 Å². The number of guanidine groups is 1. The number of ether oxygens (including phenoxy) is 2. The predicted octanol–water partition coefficient (Wildman–Crippen LogP) is 3.77. The minimum Gasteiger partial charge on any atom is -0.493 e. The van der Waals surface area contributed by atoms with E-state index >= 15 is 0 Å². The minimum absolute atomic E-state index is 0. The van der Waals surface area contributed by atoms with E-state index in [9.17, 15) is 0 Å². The Labute approximate surface area is 194 Å². The maximum absolute atomic E-state index is 5.41. The zero-order valence-electron chi connectivity index (χ0n) is 17.0. The van der Waals surface area contributed by atoms with Crippen LogP contribution in [0.4, 0.5) is 0 Å². The molecule has 28 heavy (non-hydrogen) atoms. The first-order valence-corrected chi connectivity index (χ1v) is 10.6. The number of hydrogen-bond donors (Lipinski definition) is 2. The zero-order chi connectivity index (χ0) is 19.2. The summed E-state index contributed by atoms with van der Waals surface area (Å²) in [4.78, 5) is 7.06. The molecule has 2 fully saturated rings. The van der Waals surface area contributed by atoms with E-state index in [0.717, 1.165) is 34.3 Å². The average molecular weight is 567 g/mol. The van der Waals surface area contributed by atoms with Crippen LogP contribution in [0, 0.1) is 0 Å². The lowest BCUT2D eigenvalue weighted by atomic mass is 10.2. The number of halogens is 2. The molecule has 0 radical (unpaired) electrons. The molecule has 158 valence electrons. The second-order valence-corrected chi connectivity index (χ2v) is 8.14. The van der Waals surface area contributed by atoms with E-state index in [1.165, 1.54) is 38.6 Å². The van der Waals surface area contributed by atoms with Crippen LogP contribution in [-0.4, -0.2) is 57.3 Å². The maximum Gasteiger partial charge on any atom is 0.191 e. The Balaban J connectivity index is 0.00000280. The molecular weight excluding hydrogens is 535 g/mol. The van der Waals surface area contributed by atoms with Crippen LogP contribution < -0.4 is 20.1 Å². The third-order valence-electron chi connectivity index (χ3n) is 5.62. The lowest BCUT2D eigenvalue weighted by molar-refractivity contribution is 0.242. The van der Waals surface area contributed by atoms with Crippen LogP contribution in [0.5, 0.6) is 11.5 Å². The van der Waals surface area contributed by atoms with Gasteiger partial charge >= 0.3 is 0 Å². The highest BCUT2D eigenvalue weighted by molar-refractivity contribution is 14.0. The maximum atomic E-state index is 5.41. The molecule has 1 aromatic carbocycles. The van der Waals surface area contributed by atoms with Crippen LogP contribution in [0.15, 0.2) is 21.6 Å². The summed E-state index contributed by atoms with van der Waals surface area (Å²) in [5.41, 5.74) is 1.09. The molecular formula is C20H32BrIN4O2. The first-order chi connectivity index (χ1) is 13.1. The van der Waals surface area contributed by atoms with Crippen LogP contribution in [-0.2, 0) is 6.54 Å². The molecule has 8 heteroatoms. The van der Waals surface area contributed by atoms with Gasteiger partial charge < -0.3 is 20.1 Å². The van der Waals surface area contributed by atoms with Crippen molar-refractivity contribution in [2.75, 3.05) is 34.4 Å². The van der Waals surface area contributed by atoms with Gasteiger partial charge in [0.25, 0.3) is 0 Å². The van der Waals surface area contributed by atoms with Crippen molar-refractivity contribution in [1.29, 1.82) is 0 Å². The Bertz CT molecular complexity index is 668. The van der Waals surface area contributed by atoms with Gasteiger partial charge in [0.05, 0.1) is 14.2 Å². The molecule has 1 aliphatic heterocycles. The van der Waals surface area contributed by atoms with E-state index in [1.54, 1.807) is 14.2 Å². The Kier molecular flexibility index (Phi) is 9.62. The van der Waals surface area contributed by atoms with Crippen molar-refractivity contribution in [3.8, 4) is 11.5 Å². The topological polar surface area (TPSA) is 58.1 Å². The van der Waals surface area contributed by atoms with Gasteiger partial charge in [-0.3, -0.25) is 9.89 Å². The zero-order valence-corrected chi connectivity index (χ0v) is 20.9. The van der Waals surface area contributed by atoms with Crippen molar-refractivity contribution in [2.24, 2.45) is 4.99 Å². The van der Waals surface area contributed by atoms with Gasteiger partial charge in [-0.25, -0.2) is 0 Å². The van der Waals surface area contributed by atoms with Gasteiger partial charge in [-0.15, -0.1) is 24.0 Å². The second kappa shape index (κ2) is 11.4. The van der Waals surface area contributed by atoms with Gasteiger partial charge in [0, 0.05) is 43.2 Å².